The Balaban J connectivity index is 1.46. The monoisotopic (exact) mass is 478 g/mol. The zero-order chi connectivity index (χ0) is 24.5. The number of nitrogen functional groups attached to an aromatic ring is 1. The molecule has 178 valence electrons. The molecule has 0 saturated heterocycles. The molecule has 2 aromatic carbocycles. The molecule has 7 nitrogen and oxygen atoms in total. The first-order valence-electron chi connectivity index (χ1n) is 11.3. The number of aromatic nitrogens is 1. The number of benzene rings is 2. The number of sulfone groups is 1. The Labute approximate surface area is 200 Å². The summed E-state index contributed by atoms with van der Waals surface area (Å²) in [5.74, 6) is 0.165. The molecule has 1 aliphatic heterocycles. The van der Waals surface area contributed by atoms with Crippen LogP contribution in [0.15, 0.2) is 65.7 Å². The van der Waals surface area contributed by atoms with E-state index in [1.807, 2.05) is 30.3 Å². The van der Waals surface area contributed by atoms with Crippen molar-refractivity contribution in [2.24, 2.45) is 5.92 Å². The number of nitrogens with one attached hydrogen (secondary N) is 1. The fourth-order valence-corrected chi connectivity index (χ4v) is 5.05. The highest BCUT2D eigenvalue weighted by Crippen LogP contribution is 2.38. The standard InChI is InChI=1S/C26H30N4O3S/c1-17(2)25-24-21(16-30(25)15-19-4-8-22(27)9-5-19)12-20(14-28-24)26(31)29-13-18-6-10-23(11-7-18)34(3,32)33/h4-12,14,17,25H,13,15-16,27H2,1-3H3,(H,29,31)/t25-/m1/s1. The first-order valence-corrected chi connectivity index (χ1v) is 13.2. The van der Waals surface area contributed by atoms with E-state index in [1.54, 1.807) is 30.5 Å². The van der Waals surface area contributed by atoms with Crippen LogP contribution in [-0.4, -0.2) is 30.5 Å². The lowest BCUT2D eigenvalue weighted by atomic mass is 9.99. The van der Waals surface area contributed by atoms with Gasteiger partial charge in [-0.3, -0.25) is 14.7 Å². The van der Waals surface area contributed by atoms with Crippen molar-refractivity contribution in [3.8, 4) is 0 Å². The molecular weight excluding hydrogens is 448 g/mol. The second-order valence-electron chi connectivity index (χ2n) is 9.20. The summed E-state index contributed by atoms with van der Waals surface area (Å²) in [6.07, 6.45) is 2.81. The molecular formula is C26H30N4O3S. The lowest BCUT2D eigenvalue weighted by molar-refractivity contribution is 0.0950. The summed E-state index contributed by atoms with van der Waals surface area (Å²) < 4.78 is 23.2. The SMILES string of the molecule is CC(C)[C@@H]1c2ncc(C(=O)NCc3ccc(S(C)(=O)=O)cc3)cc2CN1Cc1ccc(N)cc1. The number of hydrogen-bond donors (Lipinski definition) is 2. The molecule has 1 aliphatic rings. The molecule has 1 aromatic heterocycles. The average Bonchev–Trinajstić information content (AvgIpc) is 3.16. The number of carbonyl (C=O) groups is 1. The van der Waals surface area contributed by atoms with Gasteiger partial charge in [0.15, 0.2) is 9.84 Å². The van der Waals surface area contributed by atoms with Crippen molar-refractivity contribution in [2.45, 2.75) is 44.4 Å². The van der Waals surface area contributed by atoms with Gasteiger partial charge in [-0.05, 0) is 52.9 Å². The van der Waals surface area contributed by atoms with Gasteiger partial charge in [0.1, 0.15) is 0 Å². The summed E-state index contributed by atoms with van der Waals surface area (Å²) >= 11 is 0. The number of carbonyl (C=O) groups excluding carboxylic acids is 1. The van der Waals surface area contributed by atoms with Gasteiger partial charge in [-0.25, -0.2) is 8.42 Å². The van der Waals surface area contributed by atoms with E-state index in [0.717, 1.165) is 35.6 Å². The van der Waals surface area contributed by atoms with Crippen LogP contribution in [0.1, 0.15) is 52.6 Å². The predicted octanol–water partition coefficient (Wildman–Crippen LogP) is 3.71. The number of nitrogens with two attached hydrogens (primary N) is 1. The highest BCUT2D eigenvalue weighted by Gasteiger charge is 2.34. The van der Waals surface area contributed by atoms with Gasteiger partial charge in [0, 0.05) is 37.8 Å². The van der Waals surface area contributed by atoms with E-state index >= 15 is 0 Å². The van der Waals surface area contributed by atoms with E-state index in [1.165, 1.54) is 11.8 Å². The number of rotatable bonds is 7. The summed E-state index contributed by atoms with van der Waals surface area (Å²) in [6, 6.07) is 16.6. The average molecular weight is 479 g/mol. The molecule has 0 aliphatic carbocycles. The first-order chi connectivity index (χ1) is 16.1. The Bertz CT molecular complexity index is 1290. The van der Waals surface area contributed by atoms with Crippen LogP contribution in [0.25, 0.3) is 0 Å². The van der Waals surface area contributed by atoms with Crippen LogP contribution < -0.4 is 11.1 Å². The maximum Gasteiger partial charge on any atom is 0.253 e. The Hall–Kier alpha value is -3.23. The molecule has 0 bridgehead atoms. The fourth-order valence-electron chi connectivity index (χ4n) is 4.42. The number of pyridine rings is 1. The minimum atomic E-state index is -3.24. The maximum atomic E-state index is 12.8. The summed E-state index contributed by atoms with van der Waals surface area (Å²) in [5.41, 5.74) is 11.2. The molecule has 0 spiro atoms. The smallest absolute Gasteiger partial charge is 0.253 e. The van der Waals surface area contributed by atoms with E-state index in [2.05, 4.69) is 24.1 Å². The Morgan fingerprint density at radius 2 is 1.76 bits per heavy atom. The zero-order valence-electron chi connectivity index (χ0n) is 19.7. The van der Waals surface area contributed by atoms with Crippen molar-refractivity contribution < 1.29 is 13.2 Å². The van der Waals surface area contributed by atoms with Crippen LogP contribution >= 0.6 is 0 Å². The molecule has 4 rings (SSSR count). The topological polar surface area (TPSA) is 105 Å². The maximum absolute atomic E-state index is 12.8. The molecule has 0 saturated carbocycles. The normalized spacial score (nSPS) is 15.9. The van der Waals surface area contributed by atoms with Crippen LogP contribution in [0, 0.1) is 5.92 Å². The number of nitrogens with zero attached hydrogens (tertiary/aromatic N) is 2. The van der Waals surface area contributed by atoms with Crippen molar-refractivity contribution in [3.63, 3.8) is 0 Å². The molecule has 0 radical (unpaired) electrons. The molecule has 1 atom stereocenters. The quantitative estimate of drug-likeness (QED) is 0.502. The van der Waals surface area contributed by atoms with Crippen LogP contribution in [0.5, 0.6) is 0 Å². The second kappa shape index (κ2) is 9.56. The first kappa shape index (κ1) is 23.9. The van der Waals surface area contributed by atoms with Gasteiger partial charge in [-0.2, -0.15) is 0 Å². The third-order valence-corrected chi connectivity index (χ3v) is 7.24. The Kier molecular flexibility index (Phi) is 6.72. The summed E-state index contributed by atoms with van der Waals surface area (Å²) in [6.45, 7) is 6.19. The molecule has 2 heterocycles. The number of hydrogen-bond acceptors (Lipinski definition) is 6. The van der Waals surface area contributed by atoms with Gasteiger partial charge in [0.25, 0.3) is 5.91 Å². The molecule has 3 aromatic rings. The van der Waals surface area contributed by atoms with Crippen LogP contribution in [0.3, 0.4) is 0 Å². The summed E-state index contributed by atoms with van der Waals surface area (Å²) in [4.78, 5) is 20.1. The van der Waals surface area contributed by atoms with E-state index in [-0.39, 0.29) is 16.8 Å². The minimum Gasteiger partial charge on any atom is -0.399 e. The molecule has 3 N–H and O–H groups in total. The Morgan fingerprint density at radius 3 is 2.38 bits per heavy atom. The molecule has 8 heteroatoms. The van der Waals surface area contributed by atoms with Crippen molar-refractivity contribution in [2.75, 3.05) is 12.0 Å². The number of fused-ring (bicyclic) bond motifs is 1. The van der Waals surface area contributed by atoms with Gasteiger partial charge >= 0.3 is 0 Å². The van der Waals surface area contributed by atoms with Gasteiger partial charge in [-0.1, -0.05) is 38.1 Å². The predicted molar refractivity (Wildman–Crippen MR) is 133 cm³/mol. The lowest BCUT2D eigenvalue weighted by Crippen LogP contribution is -2.25. The van der Waals surface area contributed by atoms with Crippen LogP contribution in [-0.2, 0) is 29.5 Å². The van der Waals surface area contributed by atoms with Crippen molar-refractivity contribution in [1.29, 1.82) is 0 Å². The third kappa shape index (κ3) is 5.29. The summed E-state index contributed by atoms with van der Waals surface area (Å²) in [7, 11) is -3.24. The zero-order valence-corrected chi connectivity index (χ0v) is 20.5. The van der Waals surface area contributed by atoms with Crippen LogP contribution in [0.2, 0.25) is 0 Å². The van der Waals surface area contributed by atoms with Crippen molar-refractivity contribution in [1.82, 2.24) is 15.2 Å². The number of amides is 1. The minimum absolute atomic E-state index is 0.179. The molecule has 1 amide bonds. The van der Waals surface area contributed by atoms with Gasteiger partial charge in [0.05, 0.1) is 22.2 Å². The van der Waals surface area contributed by atoms with Crippen molar-refractivity contribution >= 4 is 21.4 Å². The van der Waals surface area contributed by atoms with E-state index < -0.39 is 9.84 Å². The fraction of sp³-hybridized carbons (Fsp3) is 0.308. The number of anilines is 1. The van der Waals surface area contributed by atoms with E-state index in [9.17, 15) is 13.2 Å². The highest BCUT2D eigenvalue weighted by molar-refractivity contribution is 7.90. The van der Waals surface area contributed by atoms with Gasteiger partial charge in [0.2, 0.25) is 0 Å². The van der Waals surface area contributed by atoms with Gasteiger partial charge in [-0.15, -0.1) is 0 Å². The van der Waals surface area contributed by atoms with E-state index in [4.69, 9.17) is 10.7 Å². The third-order valence-electron chi connectivity index (χ3n) is 6.11. The highest BCUT2D eigenvalue weighted by atomic mass is 32.2. The Morgan fingerprint density at radius 1 is 1.12 bits per heavy atom. The summed E-state index contributed by atoms with van der Waals surface area (Å²) in [5, 5.41) is 2.90. The van der Waals surface area contributed by atoms with Crippen LogP contribution in [0.4, 0.5) is 5.69 Å². The molecule has 0 fully saturated rings. The lowest BCUT2D eigenvalue weighted by Gasteiger charge is -2.27. The van der Waals surface area contributed by atoms with Gasteiger partial charge < -0.3 is 11.1 Å². The van der Waals surface area contributed by atoms with E-state index in [0.29, 0.717) is 18.0 Å². The largest absolute Gasteiger partial charge is 0.399 e. The second-order valence-corrected chi connectivity index (χ2v) is 11.2. The van der Waals surface area contributed by atoms with Crippen molar-refractivity contribution in [3.05, 3.63) is 88.7 Å². The molecule has 34 heavy (non-hydrogen) atoms. The molecule has 0 unspecified atom stereocenters.